The van der Waals surface area contributed by atoms with Crippen molar-refractivity contribution in [3.8, 4) is 0 Å². The summed E-state index contributed by atoms with van der Waals surface area (Å²) in [4.78, 5) is 0. The molecule has 1 unspecified atom stereocenters. The maximum absolute atomic E-state index is 8.99. The van der Waals surface area contributed by atoms with Crippen molar-refractivity contribution in [2.75, 3.05) is 13.1 Å². The lowest BCUT2D eigenvalue weighted by Gasteiger charge is -2.11. The van der Waals surface area contributed by atoms with Gasteiger partial charge in [-0.15, -0.1) is 0 Å². The fourth-order valence-electron chi connectivity index (χ4n) is 1.92. The minimum atomic E-state index is 0.113. The first kappa shape index (κ1) is 10.1. The van der Waals surface area contributed by atoms with E-state index in [2.05, 4.69) is 27.3 Å². The molecule has 1 atom stereocenters. The van der Waals surface area contributed by atoms with Crippen molar-refractivity contribution in [1.29, 1.82) is 0 Å². The van der Waals surface area contributed by atoms with Crippen LogP contribution >= 0.6 is 15.9 Å². The van der Waals surface area contributed by atoms with Crippen LogP contribution in [0.4, 0.5) is 0 Å². The second-order valence-electron chi connectivity index (χ2n) is 3.70. The van der Waals surface area contributed by atoms with Gasteiger partial charge in [0.2, 0.25) is 0 Å². The Morgan fingerprint density at radius 1 is 1.50 bits per heavy atom. The molecule has 1 aliphatic heterocycles. The molecule has 0 aliphatic carbocycles. The summed E-state index contributed by atoms with van der Waals surface area (Å²) in [5.41, 5.74) is 2.32. The van der Waals surface area contributed by atoms with Gasteiger partial charge < -0.3 is 10.4 Å². The Hall–Kier alpha value is -0.380. The Labute approximate surface area is 92.5 Å². The largest absolute Gasteiger partial charge is 0.392 e. The number of rotatable bonds is 2. The predicted octanol–water partition coefficient (Wildman–Crippen LogP) is 2.02. The van der Waals surface area contributed by atoms with Crippen molar-refractivity contribution >= 4 is 15.9 Å². The molecule has 1 fully saturated rings. The lowest BCUT2D eigenvalue weighted by molar-refractivity contribution is 0.281. The van der Waals surface area contributed by atoms with Crippen molar-refractivity contribution in [1.82, 2.24) is 5.32 Å². The maximum Gasteiger partial charge on any atom is 0.0682 e. The fourth-order valence-corrected chi connectivity index (χ4v) is 2.67. The SMILES string of the molecule is OCc1ccc(C2CCNC2)c(Br)c1. The minimum absolute atomic E-state index is 0.113. The number of aliphatic hydroxyl groups excluding tert-OH is 1. The maximum atomic E-state index is 8.99. The predicted molar refractivity (Wildman–Crippen MR) is 60.3 cm³/mol. The van der Waals surface area contributed by atoms with E-state index in [1.165, 1.54) is 12.0 Å². The van der Waals surface area contributed by atoms with Crippen LogP contribution in [0.2, 0.25) is 0 Å². The van der Waals surface area contributed by atoms with Crippen LogP contribution in [0.25, 0.3) is 0 Å². The van der Waals surface area contributed by atoms with E-state index in [0.29, 0.717) is 5.92 Å². The van der Waals surface area contributed by atoms with Crippen LogP contribution in [0.3, 0.4) is 0 Å². The second-order valence-corrected chi connectivity index (χ2v) is 4.56. The number of hydrogen-bond acceptors (Lipinski definition) is 2. The van der Waals surface area contributed by atoms with Crippen LogP contribution in [-0.2, 0) is 6.61 Å². The third kappa shape index (κ3) is 2.00. The number of hydrogen-bond donors (Lipinski definition) is 2. The molecule has 2 N–H and O–H groups in total. The molecule has 0 amide bonds. The average Bonchev–Trinajstić information content (AvgIpc) is 2.70. The van der Waals surface area contributed by atoms with Gasteiger partial charge in [-0.25, -0.2) is 0 Å². The van der Waals surface area contributed by atoms with Gasteiger partial charge in [0.25, 0.3) is 0 Å². The summed E-state index contributed by atoms with van der Waals surface area (Å²) in [5.74, 6) is 0.622. The summed E-state index contributed by atoms with van der Waals surface area (Å²) >= 11 is 3.56. The summed E-state index contributed by atoms with van der Waals surface area (Å²) < 4.78 is 1.12. The highest BCUT2D eigenvalue weighted by Gasteiger charge is 2.18. The van der Waals surface area contributed by atoms with Crippen LogP contribution in [0.1, 0.15) is 23.5 Å². The molecule has 14 heavy (non-hydrogen) atoms. The zero-order valence-electron chi connectivity index (χ0n) is 7.96. The Morgan fingerprint density at radius 2 is 2.36 bits per heavy atom. The molecule has 1 saturated heterocycles. The van der Waals surface area contributed by atoms with E-state index >= 15 is 0 Å². The standard InChI is InChI=1S/C11H14BrNO/c12-11-5-8(7-14)1-2-10(11)9-3-4-13-6-9/h1-2,5,9,13-14H,3-4,6-7H2. The summed E-state index contributed by atoms with van der Waals surface area (Å²) in [6.07, 6.45) is 1.21. The van der Waals surface area contributed by atoms with Crippen LogP contribution in [-0.4, -0.2) is 18.2 Å². The Kier molecular flexibility index (Phi) is 3.21. The van der Waals surface area contributed by atoms with Crippen LogP contribution in [0.15, 0.2) is 22.7 Å². The quantitative estimate of drug-likeness (QED) is 0.848. The third-order valence-electron chi connectivity index (χ3n) is 2.75. The summed E-state index contributed by atoms with van der Waals surface area (Å²) in [6, 6.07) is 6.12. The monoisotopic (exact) mass is 255 g/mol. The van der Waals surface area contributed by atoms with Crippen LogP contribution in [0, 0.1) is 0 Å². The van der Waals surface area contributed by atoms with Gasteiger partial charge in [-0.1, -0.05) is 28.1 Å². The van der Waals surface area contributed by atoms with Crippen molar-refractivity contribution in [3.63, 3.8) is 0 Å². The first-order chi connectivity index (χ1) is 6.81. The first-order valence-electron chi connectivity index (χ1n) is 4.91. The van der Waals surface area contributed by atoms with Crippen LogP contribution in [0.5, 0.6) is 0 Å². The third-order valence-corrected chi connectivity index (χ3v) is 3.43. The Morgan fingerprint density at radius 3 is 2.93 bits per heavy atom. The number of nitrogens with one attached hydrogen (secondary N) is 1. The summed E-state index contributed by atoms with van der Waals surface area (Å²) in [5, 5.41) is 12.3. The lowest BCUT2D eigenvalue weighted by Crippen LogP contribution is -2.08. The minimum Gasteiger partial charge on any atom is -0.392 e. The van der Waals surface area contributed by atoms with E-state index in [4.69, 9.17) is 5.11 Å². The molecular formula is C11H14BrNO. The molecule has 0 spiro atoms. The molecule has 0 radical (unpaired) electrons. The second kappa shape index (κ2) is 4.43. The first-order valence-corrected chi connectivity index (χ1v) is 5.70. The molecule has 76 valence electrons. The van der Waals surface area contributed by atoms with Gasteiger partial charge in [0.1, 0.15) is 0 Å². The summed E-state index contributed by atoms with van der Waals surface area (Å²) in [7, 11) is 0. The highest BCUT2D eigenvalue weighted by molar-refractivity contribution is 9.10. The van der Waals surface area contributed by atoms with E-state index < -0.39 is 0 Å². The highest BCUT2D eigenvalue weighted by Crippen LogP contribution is 2.29. The van der Waals surface area contributed by atoms with E-state index in [0.717, 1.165) is 23.1 Å². The van der Waals surface area contributed by atoms with Crippen molar-refractivity contribution in [2.24, 2.45) is 0 Å². The molecule has 1 aromatic rings. The molecule has 2 nitrogen and oxygen atoms in total. The molecular weight excluding hydrogens is 242 g/mol. The molecule has 0 aromatic heterocycles. The average molecular weight is 256 g/mol. The fraction of sp³-hybridized carbons (Fsp3) is 0.455. The van der Waals surface area contributed by atoms with Crippen molar-refractivity contribution in [2.45, 2.75) is 18.9 Å². The zero-order valence-corrected chi connectivity index (χ0v) is 9.55. The molecule has 0 saturated carbocycles. The molecule has 1 aromatic carbocycles. The molecule has 1 aliphatic rings. The molecule has 1 heterocycles. The Balaban J connectivity index is 2.25. The smallest absolute Gasteiger partial charge is 0.0682 e. The van der Waals surface area contributed by atoms with E-state index in [1.54, 1.807) is 0 Å². The normalized spacial score (nSPS) is 21.4. The molecule has 0 bridgehead atoms. The molecule has 2 rings (SSSR count). The van der Waals surface area contributed by atoms with Gasteiger partial charge in [0.15, 0.2) is 0 Å². The Bertz CT molecular complexity index is 321. The topological polar surface area (TPSA) is 32.3 Å². The number of halogens is 1. The highest BCUT2D eigenvalue weighted by atomic mass is 79.9. The van der Waals surface area contributed by atoms with E-state index in [-0.39, 0.29) is 6.61 Å². The lowest BCUT2D eigenvalue weighted by atomic mass is 9.97. The van der Waals surface area contributed by atoms with Crippen LogP contribution < -0.4 is 5.32 Å². The summed E-state index contributed by atoms with van der Waals surface area (Å²) in [6.45, 7) is 2.29. The van der Waals surface area contributed by atoms with Gasteiger partial charge in [-0.2, -0.15) is 0 Å². The van der Waals surface area contributed by atoms with Gasteiger partial charge in [-0.3, -0.25) is 0 Å². The van der Waals surface area contributed by atoms with Crippen molar-refractivity contribution < 1.29 is 5.11 Å². The van der Waals surface area contributed by atoms with Gasteiger partial charge in [0.05, 0.1) is 6.61 Å². The van der Waals surface area contributed by atoms with Gasteiger partial charge in [-0.05, 0) is 36.1 Å². The van der Waals surface area contributed by atoms with E-state index in [1.807, 2.05) is 12.1 Å². The number of benzene rings is 1. The number of aliphatic hydroxyl groups is 1. The zero-order chi connectivity index (χ0) is 9.97. The molecule has 3 heteroatoms. The van der Waals surface area contributed by atoms with Crippen molar-refractivity contribution in [3.05, 3.63) is 33.8 Å². The van der Waals surface area contributed by atoms with E-state index in [9.17, 15) is 0 Å². The van der Waals surface area contributed by atoms with Gasteiger partial charge in [0, 0.05) is 11.0 Å². The van der Waals surface area contributed by atoms with Gasteiger partial charge >= 0.3 is 0 Å².